The van der Waals surface area contributed by atoms with Crippen molar-refractivity contribution in [2.75, 3.05) is 5.73 Å². The minimum atomic E-state index is -3.82. The van der Waals surface area contributed by atoms with Gasteiger partial charge in [-0.1, -0.05) is 0 Å². The van der Waals surface area contributed by atoms with Crippen LogP contribution in [0.15, 0.2) is 23.1 Å². The summed E-state index contributed by atoms with van der Waals surface area (Å²) in [5.41, 5.74) is 5.32. The molecule has 0 heterocycles. The summed E-state index contributed by atoms with van der Waals surface area (Å²) in [5, 5.41) is 7.29. The van der Waals surface area contributed by atoms with Gasteiger partial charge < -0.3 is 5.73 Å². The summed E-state index contributed by atoms with van der Waals surface area (Å²) in [6.45, 7) is 1.23. The fourth-order valence-electron chi connectivity index (χ4n) is 1.02. The Morgan fingerprint density at radius 3 is 2.53 bits per heavy atom. The Hall–Kier alpha value is -1.61. The number of hydrogen-bond acceptors (Lipinski definition) is 4. The highest BCUT2D eigenvalue weighted by molar-refractivity contribution is 7.92. The van der Waals surface area contributed by atoms with Gasteiger partial charge in [-0.05, 0) is 25.1 Å². The molecule has 0 spiro atoms. The quantitative estimate of drug-likeness (QED) is 0.768. The molecule has 0 aliphatic heterocycles. The van der Waals surface area contributed by atoms with Gasteiger partial charge >= 0.3 is 0 Å². The van der Waals surface area contributed by atoms with Crippen molar-refractivity contribution in [1.29, 1.82) is 5.26 Å². The van der Waals surface area contributed by atoms with Gasteiger partial charge in [-0.15, -0.1) is 0 Å². The minimum Gasteiger partial charge on any atom is -0.399 e. The van der Waals surface area contributed by atoms with E-state index in [0.29, 0.717) is 0 Å². The van der Waals surface area contributed by atoms with E-state index in [2.05, 4.69) is 0 Å². The Morgan fingerprint density at radius 1 is 1.47 bits per heavy atom. The van der Waals surface area contributed by atoms with Gasteiger partial charge in [0.05, 0.1) is 11.0 Å². The Balaban J connectivity index is 3.35. The Labute approximate surface area is 87.0 Å². The molecule has 1 aromatic carbocycles. The normalized spacial score (nSPS) is 13.1. The summed E-state index contributed by atoms with van der Waals surface area (Å²) in [6.07, 6.45) is 0. The van der Waals surface area contributed by atoms with Gasteiger partial charge in [-0.2, -0.15) is 5.26 Å². The number of rotatable bonds is 2. The Bertz CT molecular complexity index is 499. The second-order valence-electron chi connectivity index (χ2n) is 3.04. The molecule has 2 N–H and O–H groups in total. The first-order valence-electron chi connectivity index (χ1n) is 4.07. The number of nitrogen functional groups attached to an aromatic ring is 1. The summed E-state index contributed by atoms with van der Waals surface area (Å²) < 4.78 is 36.1. The van der Waals surface area contributed by atoms with Crippen molar-refractivity contribution < 1.29 is 12.8 Å². The molecule has 0 aliphatic rings. The minimum absolute atomic E-state index is 0.0127. The van der Waals surface area contributed by atoms with Crippen molar-refractivity contribution in [3.63, 3.8) is 0 Å². The fourth-order valence-corrected chi connectivity index (χ4v) is 2.15. The molecule has 0 saturated heterocycles. The third-order valence-electron chi connectivity index (χ3n) is 1.87. The van der Waals surface area contributed by atoms with Crippen LogP contribution in [0.1, 0.15) is 6.92 Å². The van der Waals surface area contributed by atoms with Crippen molar-refractivity contribution >= 4 is 15.5 Å². The first-order valence-corrected chi connectivity index (χ1v) is 5.62. The highest BCUT2D eigenvalue weighted by Crippen LogP contribution is 2.19. The molecule has 0 amide bonds. The van der Waals surface area contributed by atoms with Crippen LogP contribution >= 0.6 is 0 Å². The zero-order valence-corrected chi connectivity index (χ0v) is 8.75. The van der Waals surface area contributed by atoms with E-state index in [0.717, 1.165) is 18.2 Å². The zero-order valence-electron chi connectivity index (χ0n) is 7.94. The van der Waals surface area contributed by atoms with E-state index in [4.69, 9.17) is 11.0 Å². The number of hydrogen-bond donors (Lipinski definition) is 1. The number of sulfone groups is 1. The standard InChI is InChI=1S/C9H9FN2O2S/c1-6(5-11)15(13,14)9-3-7(10)2-8(12)4-9/h2-4,6H,12H2,1H3. The van der Waals surface area contributed by atoms with Crippen LogP contribution in [0.2, 0.25) is 0 Å². The van der Waals surface area contributed by atoms with Crippen LogP contribution < -0.4 is 5.73 Å². The Morgan fingerprint density at radius 2 is 2.07 bits per heavy atom. The first-order chi connectivity index (χ1) is 6.87. The molecule has 6 heteroatoms. The second-order valence-corrected chi connectivity index (χ2v) is 5.31. The second kappa shape index (κ2) is 3.87. The van der Waals surface area contributed by atoms with E-state index in [-0.39, 0.29) is 10.6 Å². The molecule has 1 aromatic rings. The van der Waals surface area contributed by atoms with Gasteiger partial charge in [-0.3, -0.25) is 0 Å². The third kappa shape index (κ3) is 2.25. The average molecular weight is 228 g/mol. The van der Waals surface area contributed by atoms with Gasteiger partial charge in [0.25, 0.3) is 0 Å². The molecule has 4 nitrogen and oxygen atoms in total. The molecule has 0 aromatic heterocycles. The lowest BCUT2D eigenvalue weighted by atomic mass is 10.3. The number of anilines is 1. The van der Waals surface area contributed by atoms with E-state index < -0.39 is 20.9 Å². The first kappa shape index (κ1) is 11.5. The average Bonchev–Trinajstić information content (AvgIpc) is 2.15. The van der Waals surface area contributed by atoms with Crippen LogP contribution in [-0.2, 0) is 9.84 Å². The monoisotopic (exact) mass is 228 g/mol. The number of nitrogens with zero attached hydrogens (tertiary/aromatic N) is 1. The van der Waals surface area contributed by atoms with Gasteiger partial charge in [0.15, 0.2) is 9.84 Å². The van der Waals surface area contributed by atoms with Crippen molar-refractivity contribution in [3.8, 4) is 6.07 Å². The molecule has 1 atom stereocenters. The van der Waals surface area contributed by atoms with Crippen LogP contribution in [0, 0.1) is 17.1 Å². The SMILES string of the molecule is CC(C#N)S(=O)(=O)c1cc(N)cc(F)c1. The summed E-state index contributed by atoms with van der Waals surface area (Å²) in [5.74, 6) is -0.737. The molecule has 1 rings (SSSR count). The zero-order chi connectivity index (χ0) is 11.6. The molecule has 80 valence electrons. The summed E-state index contributed by atoms with van der Waals surface area (Å²) in [4.78, 5) is -0.269. The lowest BCUT2D eigenvalue weighted by Crippen LogP contribution is -2.16. The molecule has 0 aliphatic carbocycles. The van der Waals surface area contributed by atoms with E-state index >= 15 is 0 Å². The lowest BCUT2D eigenvalue weighted by molar-refractivity contribution is 0.587. The predicted octanol–water partition coefficient (Wildman–Crippen LogP) is 1.09. The highest BCUT2D eigenvalue weighted by Gasteiger charge is 2.23. The highest BCUT2D eigenvalue weighted by atomic mass is 32.2. The van der Waals surface area contributed by atoms with Crippen molar-refractivity contribution in [3.05, 3.63) is 24.0 Å². The van der Waals surface area contributed by atoms with E-state index in [1.807, 2.05) is 0 Å². The number of nitriles is 1. The van der Waals surface area contributed by atoms with Crippen molar-refractivity contribution in [1.82, 2.24) is 0 Å². The third-order valence-corrected chi connectivity index (χ3v) is 3.80. The molecular weight excluding hydrogens is 219 g/mol. The maximum absolute atomic E-state index is 12.9. The topological polar surface area (TPSA) is 84.0 Å². The van der Waals surface area contributed by atoms with E-state index in [9.17, 15) is 12.8 Å². The summed E-state index contributed by atoms with van der Waals surface area (Å²) >= 11 is 0. The van der Waals surface area contributed by atoms with Gasteiger partial charge in [-0.25, -0.2) is 12.8 Å². The maximum Gasteiger partial charge on any atom is 0.194 e. The van der Waals surface area contributed by atoms with Crippen molar-refractivity contribution in [2.24, 2.45) is 0 Å². The predicted molar refractivity (Wildman–Crippen MR) is 53.1 cm³/mol. The molecule has 0 radical (unpaired) electrons. The van der Waals surface area contributed by atoms with Gasteiger partial charge in [0.1, 0.15) is 11.1 Å². The van der Waals surface area contributed by atoms with E-state index in [1.165, 1.54) is 6.92 Å². The molecule has 0 fully saturated rings. The molecule has 0 saturated carbocycles. The van der Waals surface area contributed by atoms with Gasteiger partial charge in [0.2, 0.25) is 0 Å². The maximum atomic E-state index is 12.9. The van der Waals surface area contributed by atoms with Gasteiger partial charge in [0, 0.05) is 5.69 Å². The molecule has 1 unspecified atom stereocenters. The lowest BCUT2D eigenvalue weighted by Gasteiger charge is -2.06. The smallest absolute Gasteiger partial charge is 0.194 e. The van der Waals surface area contributed by atoms with Crippen LogP contribution in [-0.4, -0.2) is 13.7 Å². The molecule has 0 bridgehead atoms. The summed E-state index contributed by atoms with van der Waals surface area (Å²) in [6, 6.07) is 4.58. The van der Waals surface area contributed by atoms with Crippen LogP contribution in [0.3, 0.4) is 0 Å². The number of nitrogens with two attached hydrogens (primary N) is 1. The molecule has 15 heavy (non-hydrogen) atoms. The number of benzene rings is 1. The van der Waals surface area contributed by atoms with Crippen LogP contribution in [0.5, 0.6) is 0 Å². The summed E-state index contributed by atoms with van der Waals surface area (Å²) in [7, 11) is -3.82. The van der Waals surface area contributed by atoms with Crippen LogP contribution in [0.25, 0.3) is 0 Å². The fraction of sp³-hybridized carbons (Fsp3) is 0.222. The Kier molecular flexibility index (Phi) is 2.95. The number of halogens is 1. The van der Waals surface area contributed by atoms with Crippen LogP contribution in [0.4, 0.5) is 10.1 Å². The molecular formula is C9H9FN2O2S. The van der Waals surface area contributed by atoms with E-state index in [1.54, 1.807) is 6.07 Å². The largest absolute Gasteiger partial charge is 0.399 e. The van der Waals surface area contributed by atoms with Crippen molar-refractivity contribution in [2.45, 2.75) is 17.1 Å².